The maximum Gasteiger partial charge on any atom is 0.320 e. The van der Waals surface area contributed by atoms with Gasteiger partial charge >= 0.3 is 17.9 Å². The minimum absolute atomic E-state index is 0.0375. The Morgan fingerprint density at radius 3 is 2.09 bits per heavy atom. The molecule has 0 aromatic carbocycles. The first-order valence-electron chi connectivity index (χ1n) is 17.6. The normalized spacial score (nSPS) is 25.8. The Morgan fingerprint density at radius 2 is 1.54 bits per heavy atom. The molecule has 1 saturated carbocycles. The fraction of sp³-hybridized carbons (Fsp3) is 0.917. The maximum absolute atomic E-state index is 13.8. The van der Waals surface area contributed by atoms with Gasteiger partial charge in [0, 0.05) is 11.8 Å². The van der Waals surface area contributed by atoms with Gasteiger partial charge in [-0.25, -0.2) is 0 Å². The predicted molar refractivity (Wildman–Crippen MR) is 185 cm³/mol. The van der Waals surface area contributed by atoms with Gasteiger partial charge in [0.05, 0.1) is 43.4 Å². The molecule has 0 N–H and O–H groups in total. The molecule has 268 valence electrons. The van der Waals surface area contributed by atoms with Crippen LogP contribution in [0.25, 0.3) is 0 Å². The van der Waals surface area contributed by atoms with Crippen LogP contribution in [0.4, 0.5) is 0 Å². The van der Waals surface area contributed by atoms with Crippen LogP contribution in [0, 0.1) is 23.2 Å². The van der Waals surface area contributed by atoms with Gasteiger partial charge in [0.25, 0.3) is 0 Å². The molecule has 1 aliphatic heterocycles. The van der Waals surface area contributed by atoms with Crippen LogP contribution in [0.15, 0.2) is 0 Å². The van der Waals surface area contributed by atoms with Crippen LogP contribution < -0.4 is 0 Å². The van der Waals surface area contributed by atoms with Crippen LogP contribution in [0.3, 0.4) is 0 Å². The lowest BCUT2D eigenvalue weighted by molar-refractivity contribution is -0.205. The molecule has 1 saturated heterocycles. The van der Waals surface area contributed by atoms with Crippen molar-refractivity contribution in [2.24, 2.45) is 23.2 Å². The largest absolute Gasteiger partial charge is 0.464 e. The Bertz CT molecular complexity index is 1010. The number of hydrogen-bond donors (Lipinski definition) is 0. The number of halogens is 1. The topological polar surface area (TPSA) is 97.4 Å². The van der Waals surface area contributed by atoms with Crippen LogP contribution in [0.2, 0.25) is 18.1 Å². The number of alkyl halides is 1. The molecule has 2 rings (SSSR count). The highest BCUT2D eigenvalue weighted by molar-refractivity contribution is 6.74. The highest BCUT2D eigenvalue weighted by Gasteiger charge is 2.49. The minimum Gasteiger partial charge on any atom is -0.464 e. The van der Waals surface area contributed by atoms with Crippen LogP contribution in [-0.2, 0) is 37.8 Å². The zero-order valence-electron chi connectivity index (χ0n) is 31.0. The van der Waals surface area contributed by atoms with Crippen LogP contribution in [0.5, 0.6) is 0 Å². The van der Waals surface area contributed by atoms with Crippen LogP contribution in [0.1, 0.15) is 127 Å². The van der Waals surface area contributed by atoms with Gasteiger partial charge in [-0.3, -0.25) is 14.4 Å². The van der Waals surface area contributed by atoms with Gasteiger partial charge in [0.1, 0.15) is 12.0 Å². The average Bonchev–Trinajstić information content (AvgIpc) is 2.89. The van der Waals surface area contributed by atoms with Gasteiger partial charge in [-0.05, 0) is 81.8 Å². The van der Waals surface area contributed by atoms with E-state index in [1.165, 1.54) is 12.8 Å². The van der Waals surface area contributed by atoms with Crippen molar-refractivity contribution in [2.45, 2.75) is 175 Å². The van der Waals surface area contributed by atoms with Crippen LogP contribution in [-0.4, -0.2) is 68.7 Å². The SMILES string of the molecule is CC(C)OC(=O)C[C@@H](CC(=O)O[C@@H](C[C@@H]1CCCC2(C[C@H](C)CC[C@H]2C(C)C)O1)C(C)(C)COC(=O)CCl)O[Si](C)(C)C(C)(C)C. The highest BCUT2D eigenvalue weighted by atomic mass is 35.5. The molecule has 8 nitrogen and oxygen atoms in total. The lowest BCUT2D eigenvalue weighted by Gasteiger charge is -2.52. The van der Waals surface area contributed by atoms with Gasteiger partial charge in [-0.1, -0.05) is 61.8 Å². The third-order valence-electron chi connectivity index (χ3n) is 10.4. The Kier molecular flexibility index (Phi) is 15.1. The van der Waals surface area contributed by atoms with E-state index in [1.54, 1.807) is 13.8 Å². The summed E-state index contributed by atoms with van der Waals surface area (Å²) in [5.74, 6) is -0.0132. The molecule has 1 spiro atoms. The second-order valence-corrected chi connectivity index (χ2v) is 21.9. The van der Waals surface area contributed by atoms with Crippen molar-refractivity contribution in [2.75, 3.05) is 12.5 Å². The van der Waals surface area contributed by atoms with E-state index < -0.39 is 43.8 Å². The van der Waals surface area contributed by atoms with Crippen molar-refractivity contribution in [3.63, 3.8) is 0 Å². The van der Waals surface area contributed by atoms with E-state index >= 15 is 0 Å². The molecule has 1 aliphatic carbocycles. The molecule has 1 unspecified atom stereocenters. The van der Waals surface area contributed by atoms with Crippen molar-refractivity contribution in [1.82, 2.24) is 0 Å². The van der Waals surface area contributed by atoms with E-state index in [2.05, 4.69) is 54.6 Å². The Morgan fingerprint density at radius 1 is 0.935 bits per heavy atom. The summed E-state index contributed by atoms with van der Waals surface area (Å²) in [5.41, 5.74) is -0.883. The zero-order chi connectivity index (χ0) is 35.1. The Labute approximate surface area is 285 Å². The second kappa shape index (κ2) is 17.0. The number of rotatable bonds is 15. The zero-order valence-corrected chi connectivity index (χ0v) is 32.7. The molecule has 2 aliphatic rings. The summed E-state index contributed by atoms with van der Waals surface area (Å²) in [5, 5.41) is -0.118. The third-order valence-corrected chi connectivity index (χ3v) is 15.2. The molecular weight excluding hydrogens is 624 g/mol. The molecule has 0 radical (unpaired) electrons. The van der Waals surface area contributed by atoms with Gasteiger partial charge < -0.3 is 23.4 Å². The average molecular weight is 689 g/mol. The Hall–Kier alpha value is -1.16. The molecule has 6 atom stereocenters. The molecule has 0 bridgehead atoms. The lowest BCUT2D eigenvalue weighted by atomic mass is 9.64. The van der Waals surface area contributed by atoms with Crippen molar-refractivity contribution in [1.29, 1.82) is 0 Å². The van der Waals surface area contributed by atoms with Gasteiger partial charge in [-0.15, -0.1) is 11.6 Å². The molecular formula is C36H65ClO8Si. The number of ether oxygens (including phenoxy) is 4. The van der Waals surface area contributed by atoms with E-state index in [4.69, 9.17) is 35.0 Å². The van der Waals surface area contributed by atoms with E-state index in [1.807, 2.05) is 13.8 Å². The smallest absolute Gasteiger partial charge is 0.320 e. The number of carbonyl (C=O) groups excluding carboxylic acids is 3. The first-order chi connectivity index (χ1) is 21.1. The Balaban J connectivity index is 2.32. The molecule has 1 heterocycles. The molecule has 0 aromatic heterocycles. The minimum atomic E-state index is -2.33. The van der Waals surface area contributed by atoms with Crippen molar-refractivity contribution >= 4 is 37.8 Å². The third kappa shape index (κ3) is 12.1. The second-order valence-electron chi connectivity index (χ2n) is 16.9. The van der Waals surface area contributed by atoms with Gasteiger partial charge in [0.2, 0.25) is 0 Å². The standard InChI is InChI=1S/C36H65ClO8Si/c1-24(2)29-16-15-26(5)21-36(29)17-13-14-27(44-36)18-30(35(9,10)23-41-33(40)22-37)43-32(39)20-28(19-31(38)42-25(3)4)45-46(11,12)34(6,7)8/h24-30H,13-23H2,1-12H3/t26-,27+,28+,29+,30+,36?/m1/s1. The molecule has 46 heavy (non-hydrogen) atoms. The first-order valence-corrected chi connectivity index (χ1v) is 21.0. The highest BCUT2D eigenvalue weighted by Crippen LogP contribution is 2.50. The maximum atomic E-state index is 13.8. The molecule has 10 heteroatoms. The predicted octanol–water partition coefficient (Wildman–Crippen LogP) is 8.62. The summed E-state index contributed by atoms with van der Waals surface area (Å²) in [7, 11) is -2.33. The number of esters is 3. The molecule has 0 amide bonds. The van der Waals surface area contributed by atoms with E-state index in [0.29, 0.717) is 24.2 Å². The summed E-state index contributed by atoms with van der Waals surface area (Å²) in [6.07, 6.45) is 5.15. The van der Waals surface area contributed by atoms with Crippen LogP contribution >= 0.6 is 11.6 Å². The van der Waals surface area contributed by atoms with Crippen molar-refractivity contribution in [3.05, 3.63) is 0 Å². The lowest BCUT2D eigenvalue weighted by Crippen LogP contribution is -2.53. The first kappa shape index (κ1) is 41.0. The number of carbonyl (C=O) groups is 3. The quantitative estimate of drug-likeness (QED) is 0.0730. The summed E-state index contributed by atoms with van der Waals surface area (Å²) < 4.78 is 30.8. The number of hydrogen-bond acceptors (Lipinski definition) is 8. The van der Waals surface area contributed by atoms with E-state index in [0.717, 1.165) is 25.7 Å². The summed E-state index contributed by atoms with van der Waals surface area (Å²) in [4.78, 5) is 38.5. The van der Waals surface area contributed by atoms with Gasteiger partial charge in [-0.2, -0.15) is 0 Å². The van der Waals surface area contributed by atoms with E-state index in [-0.39, 0.29) is 48.2 Å². The van der Waals surface area contributed by atoms with Crippen molar-refractivity contribution < 1.29 is 37.8 Å². The summed E-state index contributed by atoms with van der Waals surface area (Å²) in [6, 6.07) is 0. The van der Waals surface area contributed by atoms with Gasteiger partial charge in [0.15, 0.2) is 8.32 Å². The molecule has 0 aromatic rings. The fourth-order valence-electron chi connectivity index (χ4n) is 6.98. The monoisotopic (exact) mass is 688 g/mol. The van der Waals surface area contributed by atoms with E-state index in [9.17, 15) is 14.4 Å². The summed E-state index contributed by atoms with van der Waals surface area (Å²) in [6.45, 7) is 25.0. The molecule has 2 fully saturated rings. The summed E-state index contributed by atoms with van der Waals surface area (Å²) >= 11 is 5.72. The fourth-order valence-corrected chi connectivity index (χ4v) is 8.41. The van der Waals surface area contributed by atoms with Crippen molar-refractivity contribution in [3.8, 4) is 0 Å².